The molecule has 0 radical (unpaired) electrons. The average Bonchev–Trinajstić information content (AvgIpc) is 2.86. The minimum Gasteiger partial charge on any atom is -0.320 e. The molecule has 0 saturated carbocycles. The van der Waals surface area contributed by atoms with Gasteiger partial charge in [-0.2, -0.15) is 8.78 Å². The summed E-state index contributed by atoms with van der Waals surface area (Å²) in [6, 6.07) is 8.59. The lowest BCUT2D eigenvalue weighted by molar-refractivity contribution is -0.138. The minimum absolute atomic E-state index is 0.0891. The average molecular weight is 269 g/mol. The number of carbonyl (C=O) groups excluding carboxylic acids is 1. The van der Waals surface area contributed by atoms with Crippen molar-refractivity contribution in [3.63, 3.8) is 0 Å². The van der Waals surface area contributed by atoms with Gasteiger partial charge < -0.3 is 10.1 Å². The fraction of sp³-hybridized carbons (Fsp3) is 0.182. The molecule has 100 valence electrons. The molecule has 1 heterocycles. The summed E-state index contributed by atoms with van der Waals surface area (Å²) >= 11 is 0. The van der Waals surface area contributed by atoms with Crippen molar-refractivity contribution < 1.29 is 22.9 Å². The number of carbonyl (C=O) groups is 1. The number of hydrogen-bond donors (Lipinski definition) is 1. The molecule has 8 heteroatoms. The van der Waals surface area contributed by atoms with Crippen LogP contribution in [0.4, 0.5) is 14.5 Å². The second-order valence-electron chi connectivity index (χ2n) is 3.45. The summed E-state index contributed by atoms with van der Waals surface area (Å²) in [5.74, 6) is -0.611. The number of nitrogens with zero attached hydrogens (tertiary/aromatic N) is 2. The molecule has 2 aromatic rings. The van der Waals surface area contributed by atoms with Gasteiger partial charge in [0.1, 0.15) is 12.3 Å². The summed E-state index contributed by atoms with van der Waals surface area (Å²) in [7, 11) is 0. The fourth-order valence-corrected chi connectivity index (χ4v) is 1.33. The lowest BCUT2D eigenvalue weighted by atomic mass is 10.3. The monoisotopic (exact) mass is 269 g/mol. The lowest BCUT2D eigenvalue weighted by Gasteiger charge is -2.03. The van der Waals surface area contributed by atoms with Gasteiger partial charge in [0.25, 0.3) is 5.91 Å². The van der Waals surface area contributed by atoms with Crippen LogP contribution in [0.5, 0.6) is 0 Å². The number of para-hydroxylation sites is 1. The molecule has 0 aliphatic carbocycles. The van der Waals surface area contributed by atoms with Crippen LogP contribution in [-0.4, -0.2) is 22.8 Å². The number of rotatable bonds is 5. The molecule has 0 aliphatic rings. The Labute approximate surface area is 106 Å². The summed E-state index contributed by atoms with van der Waals surface area (Å²) in [6.07, 6.45) is 0. The Balaban J connectivity index is 2.05. The molecule has 0 unspecified atom stereocenters. The third-order valence-electron chi connectivity index (χ3n) is 2.15. The molecule has 6 nitrogen and oxygen atoms in total. The van der Waals surface area contributed by atoms with Crippen molar-refractivity contribution in [3.8, 4) is 0 Å². The van der Waals surface area contributed by atoms with E-state index in [0.717, 1.165) is 0 Å². The molecule has 0 bridgehead atoms. The molecule has 0 aliphatic heterocycles. The number of benzene rings is 1. The Hall–Kier alpha value is -2.35. The van der Waals surface area contributed by atoms with E-state index in [4.69, 9.17) is 0 Å². The van der Waals surface area contributed by atoms with Crippen molar-refractivity contribution in [3.05, 3.63) is 41.7 Å². The molecule has 0 fully saturated rings. The third-order valence-corrected chi connectivity index (χ3v) is 2.15. The maximum absolute atomic E-state index is 11.9. The molecule has 1 amide bonds. The van der Waals surface area contributed by atoms with Crippen molar-refractivity contribution in [2.45, 2.75) is 13.2 Å². The van der Waals surface area contributed by atoms with Gasteiger partial charge >= 0.3 is 6.61 Å². The largest absolute Gasteiger partial charge is 0.345 e. The van der Waals surface area contributed by atoms with E-state index in [9.17, 15) is 13.6 Å². The Bertz CT molecular complexity index is 545. The minimum atomic E-state index is -2.96. The van der Waals surface area contributed by atoms with Crippen molar-refractivity contribution in [2.24, 2.45) is 0 Å². The maximum Gasteiger partial charge on any atom is 0.345 e. The van der Waals surface area contributed by atoms with Gasteiger partial charge in [0.15, 0.2) is 5.69 Å². The molecule has 0 spiro atoms. The summed E-state index contributed by atoms with van der Waals surface area (Å²) < 4.78 is 32.2. The molecule has 19 heavy (non-hydrogen) atoms. The van der Waals surface area contributed by atoms with Crippen molar-refractivity contribution in [1.29, 1.82) is 0 Å². The topological polar surface area (TPSA) is 77.3 Å². The van der Waals surface area contributed by atoms with E-state index in [1.54, 1.807) is 30.3 Å². The zero-order valence-corrected chi connectivity index (χ0v) is 9.55. The molecule has 1 N–H and O–H groups in total. The van der Waals surface area contributed by atoms with Crippen LogP contribution >= 0.6 is 0 Å². The van der Waals surface area contributed by atoms with Gasteiger partial charge in [0.2, 0.25) is 0 Å². The zero-order valence-electron chi connectivity index (χ0n) is 9.55. The highest BCUT2D eigenvalue weighted by molar-refractivity contribution is 6.03. The number of amides is 1. The summed E-state index contributed by atoms with van der Waals surface area (Å²) in [5.41, 5.74) is 0.259. The van der Waals surface area contributed by atoms with Crippen LogP contribution < -0.4 is 5.32 Å². The highest BCUT2D eigenvalue weighted by Gasteiger charge is 2.19. The van der Waals surface area contributed by atoms with E-state index >= 15 is 0 Å². The number of hydrogen-bond acceptors (Lipinski definition) is 5. The van der Waals surface area contributed by atoms with Gasteiger partial charge in [-0.1, -0.05) is 23.4 Å². The molecule has 2 rings (SSSR count). The van der Waals surface area contributed by atoms with E-state index in [0.29, 0.717) is 5.69 Å². The quantitative estimate of drug-likeness (QED) is 0.898. The standard InChI is InChI=1S/C11H9F2N3O3/c12-11(13)18-6-8-9(16-19-15-8)10(17)14-7-4-2-1-3-5-7/h1-5,11H,6H2,(H,14,17). The first-order valence-corrected chi connectivity index (χ1v) is 5.24. The number of aromatic nitrogens is 2. The Morgan fingerprint density at radius 3 is 2.74 bits per heavy atom. The molecule has 1 aromatic heterocycles. The van der Waals surface area contributed by atoms with Gasteiger partial charge in [-0.15, -0.1) is 0 Å². The van der Waals surface area contributed by atoms with Crippen LogP contribution in [-0.2, 0) is 11.3 Å². The highest BCUT2D eigenvalue weighted by Crippen LogP contribution is 2.11. The molecule has 1 aromatic carbocycles. The first-order chi connectivity index (χ1) is 9.16. The van der Waals surface area contributed by atoms with E-state index in [1.165, 1.54) is 0 Å². The number of ether oxygens (including phenoxy) is 1. The van der Waals surface area contributed by atoms with E-state index < -0.39 is 19.1 Å². The maximum atomic E-state index is 11.9. The predicted molar refractivity (Wildman–Crippen MR) is 59.5 cm³/mol. The normalized spacial score (nSPS) is 10.7. The van der Waals surface area contributed by atoms with Gasteiger partial charge in [0, 0.05) is 5.69 Å². The zero-order chi connectivity index (χ0) is 13.7. The van der Waals surface area contributed by atoms with Crippen molar-refractivity contribution >= 4 is 11.6 Å². The lowest BCUT2D eigenvalue weighted by Crippen LogP contribution is -2.15. The van der Waals surface area contributed by atoms with Crippen LogP contribution in [0.3, 0.4) is 0 Å². The Morgan fingerprint density at radius 2 is 2.05 bits per heavy atom. The summed E-state index contributed by atoms with van der Waals surface area (Å²) in [5, 5.41) is 9.24. The summed E-state index contributed by atoms with van der Waals surface area (Å²) in [6.45, 7) is -3.51. The number of anilines is 1. The van der Waals surface area contributed by atoms with Crippen LogP contribution in [0, 0.1) is 0 Å². The van der Waals surface area contributed by atoms with Crippen LogP contribution in [0.15, 0.2) is 35.0 Å². The van der Waals surface area contributed by atoms with Gasteiger partial charge in [-0.3, -0.25) is 4.79 Å². The van der Waals surface area contributed by atoms with Crippen molar-refractivity contribution in [1.82, 2.24) is 10.3 Å². The smallest absolute Gasteiger partial charge is 0.320 e. The fourth-order valence-electron chi connectivity index (χ4n) is 1.33. The number of alkyl halides is 2. The van der Waals surface area contributed by atoms with Crippen molar-refractivity contribution in [2.75, 3.05) is 5.32 Å². The highest BCUT2D eigenvalue weighted by atomic mass is 19.3. The molecular weight excluding hydrogens is 260 g/mol. The van der Waals surface area contributed by atoms with Crippen LogP contribution in [0.2, 0.25) is 0 Å². The molecular formula is C11H9F2N3O3. The van der Waals surface area contributed by atoms with Gasteiger partial charge in [-0.25, -0.2) is 4.63 Å². The van der Waals surface area contributed by atoms with E-state index in [2.05, 4.69) is 25.0 Å². The van der Waals surface area contributed by atoms with Gasteiger partial charge in [0.05, 0.1) is 0 Å². The second-order valence-corrected chi connectivity index (χ2v) is 3.45. The summed E-state index contributed by atoms with van der Waals surface area (Å²) in [4.78, 5) is 11.8. The van der Waals surface area contributed by atoms with E-state index in [-0.39, 0.29) is 11.4 Å². The first-order valence-electron chi connectivity index (χ1n) is 5.24. The third kappa shape index (κ3) is 3.55. The molecule has 0 saturated heterocycles. The number of halogens is 2. The number of nitrogens with one attached hydrogen (secondary N) is 1. The van der Waals surface area contributed by atoms with E-state index in [1.807, 2.05) is 0 Å². The predicted octanol–water partition coefficient (Wildman–Crippen LogP) is 2.06. The molecule has 0 atom stereocenters. The van der Waals surface area contributed by atoms with Crippen LogP contribution in [0.25, 0.3) is 0 Å². The van der Waals surface area contributed by atoms with Crippen LogP contribution in [0.1, 0.15) is 16.2 Å². The van der Waals surface area contributed by atoms with Gasteiger partial charge in [-0.05, 0) is 17.3 Å². The Morgan fingerprint density at radius 1 is 1.32 bits per heavy atom. The second kappa shape index (κ2) is 6.01. The first kappa shape index (κ1) is 13.1. The SMILES string of the molecule is O=C(Nc1ccccc1)c1nonc1COC(F)F. The Kier molecular flexibility index (Phi) is 4.14.